The number of thioether (sulfide) groups is 1. The van der Waals surface area contributed by atoms with Crippen molar-refractivity contribution in [2.75, 3.05) is 6.26 Å². The van der Waals surface area contributed by atoms with Gasteiger partial charge in [-0.2, -0.15) is 0 Å². The van der Waals surface area contributed by atoms with Gasteiger partial charge in [0.25, 0.3) is 0 Å². The van der Waals surface area contributed by atoms with Gasteiger partial charge in [-0.25, -0.2) is 4.79 Å². The zero-order valence-electron chi connectivity index (χ0n) is 14.9. The highest BCUT2D eigenvalue weighted by Crippen LogP contribution is 2.28. The molecule has 0 spiro atoms. The first kappa shape index (κ1) is 18.4. The van der Waals surface area contributed by atoms with Crippen LogP contribution in [0.5, 0.6) is 11.5 Å². The number of hydrogen-bond donors (Lipinski definition) is 0. The number of ether oxygens (including phenoxy) is 2. The van der Waals surface area contributed by atoms with Crippen molar-refractivity contribution in [1.29, 1.82) is 0 Å². The maximum Gasteiger partial charge on any atom is 0.372 e. The second-order valence-corrected chi connectivity index (χ2v) is 6.54. The summed E-state index contributed by atoms with van der Waals surface area (Å²) in [6.07, 6.45) is 2.57. The van der Waals surface area contributed by atoms with E-state index in [0.717, 1.165) is 40.6 Å². The number of carbonyl (C=O) groups excluding carboxylic acids is 1. The summed E-state index contributed by atoms with van der Waals surface area (Å²) in [7, 11) is 0. The van der Waals surface area contributed by atoms with Gasteiger partial charge in [0, 0.05) is 5.56 Å². The highest BCUT2D eigenvalue weighted by Gasteiger charge is 2.13. The lowest BCUT2D eigenvalue weighted by Gasteiger charge is -2.16. The Balaban J connectivity index is 2.28. The van der Waals surface area contributed by atoms with Crippen LogP contribution in [0.4, 0.5) is 4.79 Å². The van der Waals surface area contributed by atoms with Gasteiger partial charge < -0.3 is 9.47 Å². The predicted octanol–water partition coefficient (Wildman–Crippen LogP) is 5.62. The van der Waals surface area contributed by atoms with E-state index in [1.54, 1.807) is 6.26 Å². The third-order valence-electron chi connectivity index (χ3n) is 4.13. The summed E-state index contributed by atoms with van der Waals surface area (Å²) < 4.78 is 11.5. The first-order chi connectivity index (χ1) is 11.5. The van der Waals surface area contributed by atoms with Crippen molar-refractivity contribution in [2.45, 2.75) is 40.7 Å². The molecule has 0 heterocycles. The molecule has 128 valence electrons. The van der Waals surface area contributed by atoms with E-state index in [4.69, 9.17) is 9.47 Å². The molecule has 3 nitrogen and oxygen atoms in total. The molecule has 0 aromatic heterocycles. The molecule has 2 aromatic rings. The molecule has 24 heavy (non-hydrogen) atoms. The van der Waals surface area contributed by atoms with Gasteiger partial charge in [-0.1, -0.05) is 25.1 Å². The van der Waals surface area contributed by atoms with Gasteiger partial charge in [-0.05, 0) is 79.6 Å². The Morgan fingerprint density at radius 3 is 2.42 bits per heavy atom. The standard InChI is InChI=1S/C20H24O3S/c1-6-16-8-7-9-18(23-20(21)24-5)17(16)12-22-19-11-14(3)13(2)10-15(19)4/h7-11H,6,12H2,1-5H3. The fraction of sp³-hybridized carbons (Fsp3) is 0.350. The second kappa shape index (κ2) is 8.25. The Morgan fingerprint density at radius 1 is 1.04 bits per heavy atom. The van der Waals surface area contributed by atoms with Crippen molar-refractivity contribution in [3.8, 4) is 11.5 Å². The molecule has 0 unspecified atom stereocenters. The first-order valence-electron chi connectivity index (χ1n) is 8.03. The Kier molecular flexibility index (Phi) is 6.32. The predicted molar refractivity (Wildman–Crippen MR) is 100 cm³/mol. The zero-order chi connectivity index (χ0) is 17.7. The summed E-state index contributed by atoms with van der Waals surface area (Å²) >= 11 is 1.06. The summed E-state index contributed by atoms with van der Waals surface area (Å²) in [5.41, 5.74) is 5.62. The quantitative estimate of drug-likeness (QED) is 0.660. The summed E-state index contributed by atoms with van der Waals surface area (Å²) in [5.74, 6) is 1.45. The molecular weight excluding hydrogens is 320 g/mol. The zero-order valence-corrected chi connectivity index (χ0v) is 15.8. The minimum atomic E-state index is -0.313. The Labute approximate surface area is 148 Å². The average Bonchev–Trinajstić information content (AvgIpc) is 2.57. The number of hydrogen-bond acceptors (Lipinski definition) is 4. The average molecular weight is 344 g/mol. The highest BCUT2D eigenvalue weighted by atomic mass is 32.2. The van der Waals surface area contributed by atoms with E-state index in [1.165, 1.54) is 11.1 Å². The van der Waals surface area contributed by atoms with Crippen LogP contribution in [0.2, 0.25) is 0 Å². The molecule has 0 bridgehead atoms. The van der Waals surface area contributed by atoms with Crippen LogP contribution in [0.3, 0.4) is 0 Å². The van der Waals surface area contributed by atoms with E-state index in [1.807, 2.05) is 25.1 Å². The van der Waals surface area contributed by atoms with E-state index >= 15 is 0 Å². The minimum Gasteiger partial charge on any atom is -0.488 e. The minimum absolute atomic E-state index is 0.313. The van der Waals surface area contributed by atoms with Crippen LogP contribution < -0.4 is 9.47 Å². The van der Waals surface area contributed by atoms with Crippen LogP contribution in [0, 0.1) is 20.8 Å². The third-order valence-corrected chi connectivity index (χ3v) is 4.55. The van der Waals surface area contributed by atoms with Gasteiger partial charge in [0.1, 0.15) is 18.1 Å². The molecular formula is C20H24O3S. The summed E-state index contributed by atoms with van der Waals surface area (Å²) in [4.78, 5) is 11.6. The molecule has 2 rings (SSSR count). The monoisotopic (exact) mass is 344 g/mol. The Hall–Kier alpha value is -1.94. The molecule has 0 aliphatic carbocycles. The molecule has 0 saturated heterocycles. The summed E-state index contributed by atoms with van der Waals surface area (Å²) in [5, 5.41) is -0.313. The molecule has 0 aliphatic rings. The number of benzene rings is 2. The van der Waals surface area contributed by atoms with Crippen molar-refractivity contribution >= 4 is 17.1 Å². The Bertz CT molecular complexity index is 738. The highest BCUT2D eigenvalue weighted by molar-refractivity contribution is 8.12. The fourth-order valence-electron chi connectivity index (χ4n) is 2.57. The van der Waals surface area contributed by atoms with Gasteiger partial charge in [-0.15, -0.1) is 0 Å². The van der Waals surface area contributed by atoms with Crippen LogP contribution in [-0.4, -0.2) is 11.6 Å². The summed E-state index contributed by atoms with van der Waals surface area (Å²) in [6, 6.07) is 9.96. The maximum atomic E-state index is 11.6. The smallest absolute Gasteiger partial charge is 0.372 e. The van der Waals surface area contributed by atoms with Crippen molar-refractivity contribution < 1.29 is 14.3 Å². The van der Waals surface area contributed by atoms with Crippen molar-refractivity contribution in [3.63, 3.8) is 0 Å². The maximum absolute atomic E-state index is 11.6. The number of rotatable bonds is 5. The van der Waals surface area contributed by atoms with Gasteiger partial charge in [0.15, 0.2) is 0 Å². The molecule has 0 fully saturated rings. The normalized spacial score (nSPS) is 10.5. The van der Waals surface area contributed by atoms with Crippen LogP contribution in [0.25, 0.3) is 0 Å². The van der Waals surface area contributed by atoms with E-state index < -0.39 is 0 Å². The Morgan fingerprint density at radius 2 is 1.75 bits per heavy atom. The van der Waals surface area contributed by atoms with E-state index in [9.17, 15) is 4.79 Å². The van der Waals surface area contributed by atoms with E-state index in [0.29, 0.717) is 12.4 Å². The van der Waals surface area contributed by atoms with Gasteiger partial charge >= 0.3 is 5.30 Å². The summed E-state index contributed by atoms with van der Waals surface area (Å²) in [6.45, 7) is 8.68. The lowest BCUT2D eigenvalue weighted by atomic mass is 10.0. The van der Waals surface area contributed by atoms with Gasteiger partial charge in [0.2, 0.25) is 0 Å². The number of aryl methyl sites for hydroxylation is 4. The second-order valence-electron chi connectivity index (χ2n) is 5.79. The van der Waals surface area contributed by atoms with Gasteiger partial charge in [0.05, 0.1) is 0 Å². The lowest BCUT2D eigenvalue weighted by Crippen LogP contribution is -2.07. The third kappa shape index (κ3) is 4.32. The SMILES string of the molecule is CCc1cccc(OC(=O)SC)c1COc1cc(C)c(C)cc1C. The molecule has 0 radical (unpaired) electrons. The fourth-order valence-corrected chi connectivity index (χ4v) is 2.75. The molecule has 0 saturated carbocycles. The van der Waals surface area contributed by atoms with E-state index in [2.05, 4.69) is 32.9 Å². The molecule has 0 atom stereocenters. The molecule has 2 aromatic carbocycles. The van der Waals surface area contributed by atoms with Crippen LogP contribution in [0.15, 0.2) is 30.3 Å². The molecule has 4 heteroatoms. The van der Waals surface area contributed by atoms with Gasteiger partial charge in [-0.3, -0.25) is 0 Å². The lowest BCUT2D eigenvalue weighted by molar-refractivity contribution is 0.225. The largest absolute Gasteiger partial charge is 0.488 e. The van der Waals surface area contributed by atoms with Crippen LogP contribution in [-0.2, 0) is 13.0 Å². The van der Waals surface area contributed by atoms with Crippen LogP contribution in [0.1, 0.15) is 34.7 Å². The number of carbonyl (C=O) groups is 1. The van der Waals surface area contributed by atoms with E-state index in [-0.39, 0.29) is 5.30 Å². The van der Waals surface area contributed by atoms with Crippen molar-refractivity contribution in [2.24, 2.45) is 0 Å². The van der Waals surface area contributed by atoms with Crippen LogP contribution >= 0.6 is 11.8 Å². The first-order valence-corrected chi connectivity index (χ1v) is 9.26. The molecule has 0 amide bonds. The van der Waals surface area contributed by atoms with Crippen molar-refractivity contribution in [1.82, 2.24) is 0 Å². The topological polar surface area (TPSA) is 35.5 Å². The molecule has 0 aliphatic heterocycles. The molecule has 0 N–H and O–H groups in total. The van der Waals surface area contributed by atoms with Crippen molar-refractivity contribution in [3.05, 3.63) is 58.1 Å².